The Morgan fingerprint density at radius 1 is 1.36 bits per heavy atom. The highest BCUT2D eigenvalue weighted by molar-refractivity contribution is 8.01. The van der Waals surface area contributed by atoms with Crippen LogP contribution in [0.25, 0.3) is 0 Å². The number of amides is 2. The zero-order valence-corrected chi connectivity index (χ0v) is 23.9. The van der Waals surface area contributed by atoms with E-state index in [1.165, 1.54) is 34.9 Å². The van der Waals surface area contributed by atoms with E-state index in [1.54, 1.807) is 26.3 Å². The predicted molar refractivity (Wildman–Crippen MR) is 143 cm³/mol. The van der Waals surface area contributed by atoms with Crippen LogP contribution >= 0.6 is 46.4 Å². The van der Waals surface area contributed by atoms with Gasteiger partial charge in [0.15, 0.2) is 9.47 Å². The summed E-state index contributed by atoms with van der Waals surface area (Å²) in [6.07, 6.45) is 0. The van der Waals surface area contributed by atoms with Crippen LogP contribution in [0.5, 0.6) is 0 Å². The number of β-lactam (4-membered cyclic amide) rings is 1. The SMILES string of the molecule is CC(C)(C)OC(=O)CO/N=C(/C(=O)NC1C(=O)N2C(C(=O)O)=C(CSc3nncs3)CSC12)c1nsc(N)n1. The molecule has 208 valence electrons. The minimum atomic E-state index is -1.24. The van der Waals surface area contributed by atoms with E-state index in [0.29, 0.717) is 21.4 Å². The zero-order valence-electron chi connectivity index (χ0n) is 20.6. The van der Waals surface area contributed by atoms with Crippen molar-refractivity contribution in [2.75, 3.05) is 23.8 Å². The third-order valence-corrected chi connectivity index (χ3v) is 8.70. The van der Waals surface area contributed by atoms with Crippen LogP contribution in [0.15, 0.2) is 26.3 Å². The number of nitrogen functional groups attached to an aromatic ring is 1. The van der Waals surface area contributed by atoms with E-state index >= 15 is 0 Å². The van der Waals surface area contributed by atoms with Gasteiger partial charge in [-0.25, -0.2) is 9.59 Å². The molecule has 39 heavy (non-hydrogen) atoms. The van der Waals surface area contributed by atoms with Gasteiger partial charge < -0.3 is 25.7 Å². The first-order valence-electron chi connectivity index (χ1n) is 11.1. The fraction of sp³-hybridized carbons (Fsp3) is 0.450. The number of anilines is 1. The van der Waals surface area contributed by atoms with Crippen molar-refractivity contribution in [3.05, 3.63) is 22.6 Å². The summed E-state index contributed by atoms with van der Waals surface area (Å²) in [6.45, 7) is 4.46. The van der Waals surface area contributed by atoms with E-state index in [4.69, 9.17) is 15.3 Å². The molecule has 2 unspecified atom stereocenters. The molecule has 15 nitrogen and oxygen atoms in total. The van der Waals surface area contributed by atoms with Crippen molar-refractivity contribution in [2.45, 2.75) is 42.1 Å². The molecule has 2 aromatic rings. The molecule has 0 radical (unpaired) electrons. The summed E-state index contributed by atoms with van der Waals surface area (Å²) >= 11 is 4.78. The van der Waals surface area contributed by atoms with Crippen molar-refractivity contribution in [3.8, 4) is 0 Å². The third kappa shape index (κ3) is 6.84. The molecule has 4 heterocycles. The summed E-state index contributed by atoms with van der Waals surface area (Å²) in [4.78, 5) is 60.2. The molecular weight excluding hydrogens is 593 g/mol. The largest absolute Gasteiger partial charge is 0.477 e. The maximum Gasteiger partial charge on any atom is 0.352 e. The number of esters is 1. The number of nitrogens with one attached hydrogen (secondary N) is 1. The first kappa shape index (κ1) is 28.7. The molecule has 0 aromatic carbocycles. The van der Waals surface area contributed by atoms with Crippen LogP contribution in [0.2, 0.25) is 0 Å². The van der Waals surface area contributed by atoms with Crippen LogP contribution in [0.4, 0.5) is 5.13 Å². The number of carboxylic acid groups (broad SMARTS) is 1. The maximum atomic E-state index is 13.1. The molecule has 0 bridgehead atoms. The Kier molecular flexibility index (Phi) is 8.72. The summed E-state index contributed by atoms with van der Waals surface area (Å²) in [5, 5.41) is 23.2. The van der Waals surface area contributed by atoms with Gasteiger partial charge in [0.25, 0.3) is 11.8 Å². The summed E-state index contributed by atoms with van der Waals surface area (Å²) < 4.78 is 9.77. The van der Waals surface area contributed by atoms with E-state index in [2.05, 4.69) is 30.0 Å². The molecule has 0 saturated carbocycles. The highest BCUT2D eigenvalue weighted by Gasteiger charge is 2.54. The van der Waals surface area contributed by atoms with Crippen LogP contribution in [-0.4, -0.2) is 94.2 Å². The number of hydrogen-bond donors (Lipinski definition) is 3. The Bertz CT molecular complexity index is 1340. The van der Waals surface area contributed by atoms with Gasteiger partial charge in [0.1, 0.15) is 28.2 Å². The molecule has 19 heteroatoms. The summed E-state index contributed by atoms with van der Waals surface area (Å²) in [7, 11) is 0. The van der Waals surface area contributed by atoms with Gasteiger partial charge in [-0.2, -0.15) is 9.36 Å². The number of oxime groups is 1. The molecule has 2 atom stereocenters. The average molecular weight is 615 g/mol. The number of ether oxygens (including phenoxy) is 1. The van der Waals surface area contributed by atoms with Gasteiger partial charge in [-0.3, -0.25) is 14.5 Å². The molecule has 2 aromatic heterocycles. The minimum Gasteiger partial charge on any atom is -0.477 e. The van der Waals surface area contributed by atoms with Crippen LogP contribution in [0.3, 0.4) is 0 Å². The number of aliphatic carboxylic acids is 1. The summed E-state index contributed by atoms with van der Waals surface area (Å²) in [5.41, 5.74) is 6.48. The summed E-state index contributed by atoms with van der Waals surface area (Å²) in [6, 6.07) is -1.04. The van der Waals surface area contributed by atoms with Crippen molar-refractivity contribution in [3.63, 3.8) is 0 Å². The first-order valence-corrected chi connectivity index (χ1v) is 14.7. The number of fused-ring (bicyclic) bond motifs is 1. The number of carboxylic acids is 1. The number of rotatable bonds is 10. The molecule has 4 rings (SSSR count). The van der Waals surface area contributed by atoms with Gasteiger partial charge in [0, 0.05) is 23.0 Å². The van der Waals surface area contributed by atoms with E-state index in [-0.39, 0.29) is 16.7 Å². The lowest BCUT2D eigenvalue weighted by Crippen LogP contribution is -2.71. The van der Waals surface area contributed by atoms with Gasteiger partial charge in [0.2, 0.25) is 18.1 Å². The van der Waals surface area contributed by atoms with E-state index < -0.39 is 53.1 Å². The smallest absolute Gasteiger partial charge is 0.352 e. The number of nitrogens with zero attached hydrogens (tertiary/aromatic N) is 6. The normalized spacial score (nSPS) is 19.3. The maximum absolute atomic E-state index is 13.1. The average Bonchev–Trinajstić information content (AvgIpc) is 3.53. The number of carbonyl (C=O) groups excluding carboxylic acids is 3. The Labute approximate surface area is 237 Å². The molecular formula is C20H22N8O7S4. The molecule has 4 N–H and O–H groups in total. The molecule has 2 amide bonds. The van der Waals surface area contributed by atoms with Crippen LogP contribution < -0.4 is 11.1 Å². The predicted octanol–water partition coefficient (Wildman–Crippen LogP) is 0.565. The van der Waals surface area contributed by atoms with Gasteiger partial charge in [-0.15, -0.1) is 22.0 Å². The number of aromatic nitrogens is 4. The number of nitrogens with two attached hydrogens (primary N) is 1. The molecule has 1 saturated heterocycles. The lowest BCUT2D eigenvalue weighted by atomic mass is 10.0. The van der Waals surface area contributed by atoms with Crippen molar-refractivity contribution in [1.29, 1.82) is 0 Å². The second kappa shape index (κ2) is 11.8. The number of carbonyl (C=O) groups is 4. The molecule has 0 spiro atoms. The van der Waals surface area contributed by atoms with E-state index in [0.717, 1.165) is 16.4 Å². The van der Waals surface area contributed by atoms with Crippen molar-refractivity contribution in [2.24, 2.45) is 5.16 Å². The van der Waals surface area contributed by atoms with Crippen LogP contribution in [0, 0.1) is 0 Å². The highest BCUT2D eigenvalue weighted by Crippen LogP contribution is 2.41. The van der Waals surface area contributed by atoms with Crippen molar-refractivity contribution >= 4 is 81.0 Å². The molecule has 0 aliphatic carbocycles. The molecule has 2 aliphatic rings. The van der Waals surface area contributed by atoms with Gasteiger partial charge in [-0.1, -0.05) is 28.3 Å². The monoisotopic (exact) mass is 614 g/mol. The standard InChI is InChI=1S/C20H22N8O7S4/c1-20(2,3)35-9(29)4-34-26-10(13-24-18(21)39-27-13)14(30)23-11-15(31)28-12(17(32)33)8(5-36-16(11)28)6-37-19-25-22-7-38-19/h7,11,16H,4-6H2,1-3H3,(H,23,30)(H,32,33)(H2,21,24,27)/b26-10+. The van der Waals surface area contributed by atoms with Crippen molar-refractivity contribution in [1.82, 2.24) is 29.8 Å². The van der Waals surface area contributed by atoms with E-state index in [1.807, 2.05) is 0 Å². The second-order valence-corrected chi connectivity index (χ2v) is 12.8. The lowest BCUT2D eigenvalue weighted by molar-refractivity contribution is -0.160. The Morgan fingerprint density at radius 3 is 2.74 bits per heavy atom. The van der Waals surface area contributed by atoms with Crippen LogP contribution in [-0.2, 0) is 28.8 Å². The van der Waals surface area contributed by atoms with Crippen LogP contribution in [0.1, 0.15) is 26.6 Å². The second-order valence-electron chi connectivity index (χ2n) is 8.87. The quantitative estimate of drug-likeness (QED) is 0.110. The minimum absolute atomic E-state index is 0.0570. The number of hydrogen-bond acceptors (Lipinski definition) is 16. The van der Waals surface area contributed by atoms with Gasteiger partial charge >= 0.3 is 11.9 Å². The lowest BCUT2D eigenvalue weighted by Gasteiger charge is -2.49. The fourth-order valence-corrected chi connectivity index (χ4v) is 6.82. The number of thioether (sulfide) groups is 2. The Balaban J connectivity index is 1.46. The Morgan fingerprint density at radius 2 is 2.13 bits per heavy atom. The molecule has 2 aliphatic heterocycles. The Hall–Kier alpha value is -3.29. The summed E-state index contributed by atoms with van der Waals surface area (Å²) in [5.74, 6) is -2.94. The zero-order chi connectivity index (χ0) is 28.3. The highest BCUT2D eigenvalue weighted by atomic mass is 32.2. The van der Waals surface area contributed by atoms with Gasteiger partial charge in [0.05, 0.1) is 0 Å². The van der Waals surface area contributed by atoms with E-state index in [9.17, 15) is 24.3 Å². The molecule has 1 fully saturated rings. The topological polar surface area (TPSA) is 212 Å². The fourth-order valence-electron chi connectivity index (χ4n) is 3.41. The third-order valence-electron chi connectivity index (χ3n) is 4.87. The van der Waals surface area contributed by atoms with Crippen molar-refractivity contribution < 1.29 is 33.9 Å². The van der Waals surface area contributed by atoms with Gasteiger partial charge in [-0.05, 0) is 26.3 Å². The first-order chi connectivity index (χ1) is 18.4.